The Balaban J connectivity index is 1.56. The number of nitrogens with zero attached hydrogens (tertiary/aromatic N) is 1. The molecule has 19 heavy (non-hydrogen) atoms. The maximum atomic E-state index is 5.42. The summed E-state index contributed by atoms with van der Waals surface area (Å²) in [6.45, 7) is 7.91. The van der Waals surface area contributed by atoms with Crippen molar-refractivity contribution in [3.63, 3.8) is 0 Å². The fourth-order valence-electron chi connectivity index (χ4n) is 3.52. The number of nitrogens with one attached hydrogen (secondary N) is 1. The predicted octanol–water partition coefficient (Wildman–Crippen LogP) is 2.51. The van der Waals surface area contributed by atoms with Crippen LogP contribution in [-0.2, 0) is 4.74 Å². The summed E-state index contributed by atoms with van der Waals surface area (Å²) < 4.78 is 5.42. The molecular formula is C16H32N2O. The number of hydrogen-bond acceptors (Lipinski definition) is 3. The summed E-state index contributed by atoms with van der Waals surface area (Å²) in [6.07, 6.45) is 8.14. The third-order valence-corrected chi connectivity index (χ3v) is 4.92. The van der Waals surface area contributed by atoms with Crippen LogP contribution in [0.15, 0.2) is 0 Å². The van der Waals surface area contributed by atoms with E-state index in [4.69, 9.17) is 4.74 Å². The fourth-order valence-corrected chi connectivity index (χ4v) is 3.52. The Morgan fingerprint density at radius 1 is 1.11 bits per heavy atom. The Kier molecular flexibility index (Phi) is 6.62. The highest BCUT2D eigenvalue weighted by molar-refractivity contribution is 4.78. The highest BCUT2D eigenvalue weighted by Gasteiger charge is 2.20. The number of likely N-dealkylation sites (N-methyl/N-ethyl adjacent to an activating group) is 1. The van der Waals surface area contributed by atoms with Gasteiger partial charge in [-0.1, -0.05) is 19.8 Å². The van der Waals surface area contributed by atoms with Crippen molar-refractivity contribution in [2.75, 3.05) is 39.9 Å². The molecule has 1 aliphatic carbocycles. The first-order chi connectivity index (χ1) is 9.25. The van der Waals surface area contributed by atoms with Gasteiger partial charge in [0.1, 0.15) is 0 Å². The molecule has 0 spiro atoms. The van der Waals surface area contributed by atoms with Gasteiger partial charge in [-0.3, -0.25) is 0 Å². The molecule has 1 heterocycles. The van der Waals surface area contributed by atoms with Crippen LogP contribution in [0.2, 0.25) is 0 Å². The van der Waals surface area contributed by atoms with Crippen LogP contribution in [-0.4, -0.2) is 50.8 Å². The quantitative estimate of drug-likeness (QED) is 0.801. The number of hydrogen-bond donors (Lipinski definition) is 1. The van der Waals surface area contributed by atoms with E-state index in [9.17, 15) is 0 Å². The normalized spacial score (nSPS) is 29.8. The van der Waals surface area contributed by atoms with E-state index in [1.54, 1.807) is 0 Å². The van der Waals surface area contributed by atoms with Crippen LogP contribution in [0.1, 0.15) is 45.4 Å². The fraction of sp³-hybridized carbons (Fsp3) is 1.00. The molecule has 2 unspecified atom stereocenters. The van der Waals surface area contributed by atoms with Gasteiger partial charge in [0.25, 0.3) is 0 Å². The Labute approximate surface area is 119 Å². The Morgan fingerprint density at radius 3 is 2.58 bits per heavy atom. The summed E-state index contributed by atoms with van der Waals surface area (Å²) in [5.41, 5.74) is 0. The SMILES string of the molecule is CC1CCCCC1NCCN(C)CC1CCOCC1. The Morgan fingerprint density at radius 2 is 1.84 bits per heavy atom. The first-order valence-electron chi connectivity index (χ1n) is 8.25. The molecule has 2 atom stereocenters. The van der Waals surface area contributed by atoms with E-state index in [1.807, 2.05) is 0 Å². The summed E-state index contributed by atoms with van der Waals surface area (Å²) >= 11 is 0. The summed E-state index contributed by atoms with van der Waals surface area (Å²) in [7, 11) is 2.27. The molecule has 0 aromatic carbocycles. The summed E-state index contributed by atoms with van der Waals surface area (Å²) in [5.74, 6) is 1.72. The number of ether oxygens (including phenoxy) is 1. The molecular weight excluding hydrogens is 236 g/mol. The molecule has 1 N–H and O–H groups in total. The minimum absolute atomic E-state index is 0.769. The lowest BCUT2D eigenvalue weighted by Gasteiger charge is -2.31. The van der Waals surface area contributed by atoms with Gasteiger partial charge in [-0.2, -0.15) is 0 Å². The molecule has 2 fully saturated rings. The zero-order chi connectivity index (χ0) is 13.5. The van der Waals surface area contributed by atoms with Crippen molar-refractivity contribution in [2.24, 2.45) is 11.8 Å². The Hall–Kier alpha value is -0.120. The second kappa shape index (κ2) is 8.23. The van der Waals surface area contributed by atoms with Gasteiger partial charge in [0.15, 0.2) is 0 Å². The van der Waals surface area contributed by atoms with E-state index in [2.05, 4.69) is 24.2 Å². The van der Waals surface area contributed by atoms with E-state index in [-0.39, 0.29) is 0 Å². The van der Waals surface area contributed by atoms with E-state index >= 15 is 0 Å². The Bertz CT molecular complexity index is 241. The average molecular weight is 268 g/mol. The largest absolute Gasteiger partial charge is 0.381 e. The first-order valence-corrected chi connectivity index (χ1v) is 8.25. The monoisotopic (exact) mass is 268 g/mol. The van der Waals surface area contributed by atoms with Crippen molar-refractivity contribution in [1.29, 1.82) is 0 Å². The van der Waals surface area contributed by atoms with Gasteiger partial charge in [-0.05, 0) is 44.6 Å². The van der Waals surface area contributed by atoms with Gasteiger partial charge in [-0.15, -0.1) is 0 Å². The minimum atomic E-state index is 0.769. The van der Waals surface area contributed by atoms with Crippen LogP contribution in [0.25, 0.3) is 0 Å². The summed E-state index contributed by atoms with van der Waals surface area (Å²) in [6, 6.07) is 0.769. The molecule has 112 valence electrons. The smallest absolute Gasteiger partial charge is 0.0469 e. The van der Waals surface area contributed by atoms with Crippen molar-refractivity contribution in [3.8, 4) is 0 Å². The minimum Gasteiger partial charge on any atom is -0.381 e. The van der Waals surface area contributed by atoms with Crippen LogP contribution < -0.4 is 5.32 Å². The van der Waals surface area contributed by atoms with E-state index < -0.39 is 0 Å². The molecule has 0 bridgehead atoms. The van der Waals surface area contributed by atoms with Crippen molar-refractivity contribution in [1.82, 2.24) is 10.2 Å². The van der Waals surface area contributed by atoms with Crippen LogP contribution in [0.4, 0.5) is 0 Å². The van der Waals surface area contributed by atoms with Crippen molar-refractivity contribution in [2.45, 2.75) is 51.5 Å². The van der Waals surface area contributed by atoms with Gasteiger partial charge < -0.3 is 15.0 Å². The second-order valence-corrected chi connectivity index (χ2v) is 6.64. The molecule has 3 nitrogen and oxygen atoms in total. The first kappa shape index (κ1) is 15.3. The van der Waals surface area contributed by atoms with Crippen LogP contribution in [0, 0.1) is 11.8 Å². The van der Waals surface area contributed by atoms with Crippen molar-refractivity contribution < 1.29 is 4.74 Å². The average Bonchev–Trinajstić information content (AvgIpc) is 2.42. The van der Waals surface area contributed by atoms with Crippen LogP contribution >= 0.6 is 0 Å². The standard InChI is InChI=1S/C16H32N2O/c1-14-5-3-4-6-16(14)17-9-10-18(2)13-15-7-11-19-12-8-15/h14-17H,3-13H2,1-2H3. The lowest BCUT2D eigenvalue weighted by Crippen LogP contribution is -2.42. The van der Waals surface area contributed by atoms with Crippen molar-refractivity contribution >= 4 is 0 Å². The lowest BCUT2D eigenvalue weighted by atomic mass is 9.86. The third-order valence-electron chi connectivity index (χ3n) is 4.92. The van der Waals surface area contributed by atoms with Gasteiger partial charge in [-0.25, -0.2) is 0 Å². The van der Waals surface area contributed by atoms with E-state index in [0.29, 0.717) is 0 Å². The second-order valence-electron chi connectivity index (χ2n) is 6.64. The van der Waals surface area contributed by atoms with Gasteiger partial charge in [0.2, 0.25) is 0 Å². The van der Waals surface area contributed by atoms with Crippen molar-refractivity contribution in [3.05, 3.63) is 0 Å². The molecule has 3 heteroatoms. The molecule has 0 amide bonds. The molecule has 0 radical (unpaired) electrons. The lowest BCUT2D eigenvalue weighted by molar-refractivity contribution is 0.0557. The molecule has 1 saturated heterocycles. The highest BCUT2D eigenvalue weighted by atomic mass is 16.5. The molecule has 1 aliphatic heterocycles. The molecule has 0 aromatic rings. The van der Waals surface area contributed by atoms with Gasteiger partial charge >= 0.3 is 0 Å². The topological polar surface area (TPSA) is 24.5 Å². The molecule has 2 rings (SSSR count). The molecule has 0 aromatic heterocycles. The predicted molar refractivity (Wildman–Crippen MR) is 80.5 cm³/mol. The van der Waals surface area contributed by atoms with E-state index in [1.165, 1.54) is 51.6 Å². The van der Waals surface area contributed by atoms with Crippen LogP contribution in [0.3, 0.4) is 0 Å². The molecule has 1 saturated carbocycles. The van der Waals surface area contributed by atoms with Gasteiger partial charge in [0.05, 0.1) is 0 Å². The van der Waals surface area contributed by atoms with E-state index in [0.717, 1.165) is 37.6 Å². The maximum absolute atomic E-state index is 5.42. The molecule has 2 aliphatic rings. The van der Waals surface area contributed by atoms with Gasteiger partial charge in [0, 0.05) is 38.9 Å². The maximum Gasteiger partial charge on any atom is 0.0469 e. The third kappa shape index (κ3) is 5.41. The summed E-state index contributed by atoms with van der Waals surface area (Å²) in [5, 5.41) is 3.77. The van der Waals surface area contributed by atoms with Crippen LogP contribution in [0.5, 0.6) is 0 Å². The highest BCUT2D eigenvalue weighted by Crippen LogP contribution is 2.23. The zero-order valence-corrected chi connectivity index (χ0v) is 12.9. The zero-order valence-electron chi connectivity index (χ0n) is 12.9. The number of rotatable bonds is 6. The summed E-state index contributed by atoms with van der Waals surface area (Å²) in [4.78, 5) is 2.50.